The Labute approximate surface area is 175 Å². The highest BCUT2D eigenvalue weighted by Crippen LogP contribution is 2.29. The molecule has 0 spiro atoms. The number of hydrogen-bond acceptors (Lipinski definition) is 5. The van der Waals surface area contributed by atoms with Gasteiger partial charge in [0, 0.05) is 31.1 Å². The molecule has 30 heavy (non-hydrogen) atoms. The van der Waals surface area contributed by atoms with Crippen LogP contribution in [0.2, 0.25) is 0 Å². The van der Waals surface area contributed by atoms with Crippen LogP contribution in [-0.4, -0.2) is 58.2 Å². The van der Waals surface area contributed by atoms with Crippen molar-refractivity contribution >= 4 is 16.9 Å². The smallest absolute Gasteiger partial charge is 0.254 e. The molecule has 0 radical (unpaired) electrons. The van der Waals surface area contributed by atoms with Crippen LogP contribution in [0.5, 0.6) is 0 Å². The number of aromatic nitrogens is 3. The van der Waals surface area contributed by atoms with Gasteiger partial charge in [0.05, 0.1) is 36.1 Å². The number of benzene rings is 1. The van der Waals surface area contributed by atoms with Crippen molar-refractivity contribution in [2.45, 2.75) is 32.6 Å². The summed E-state index contributed by atoms with van der Waals surface area (Å²) in [5.74, 6) is 0.243. The first kappa shape index (κ1) is 19.2. The molecule has 1 amide bonds. The minimum absolute atomic E-state index is 0.0259. The fourth-order valence-electron chi connectivity index (χ4n) is 4.45. The van der Waals surface area contributed by atoms with Crippen LogP contribution < -0.4 is 0 Å². The summed E-state index contributed by atoms with van der Waals surface area (Å²) in [5.41, 5.74) is 3.19. The van der Waals surface area contributed by atoms with Crippen molar-refractivity contribution in [2.75, 3.05) is 26.3 Å². The Morgan fingerprint density at radius 2 is 2.00 bits per heavy atom. The number of carbonyl (C=O) groups is 1. The number of amides is 1. The molecule has 1 unspecified atom stereocenters. The van der Waals surface area contributed by atoms with Gasteiger partial charge in [0.1, 0.15) is 0 Å². The van der Waals surface area contributed by atoms with E-state index >= 15 is 0 Å². The normalized spacial score (nSPS) is 20.2. The summed E-state index contributed by atoms with van der Waals surface area (Å²) >= 11 is 0. The largest absolute Gasteiger partial charge is 0.350 e. The number of ether oxygens (including phenoxy) is 2. The first-order valence-corrected chi connectivity index (χ1v) is 10.7. The second-order valence-corrected chi connectivity index (χ2v) is 7.88. The van der Waals surface area contributed by atoms with Gasteiger partial charge in [0.2, 0.25) is 0 Å². The average molecular weight is 406 g/mol. The van der Waals surface area contributed by atoms with E-state index in [4.69, 9.17) is 14.5 Å². The lowest BCUT2D eigenvalue weighted by Gasteiger charge is -2.34. The van der Waals surface area contributed by atoms with Crippen LogP contribution in [-0.2, 0) is 16.0 Å². The minimum Gasteiger partial charge on any atom is -0.350 e. The maximum Gasteiger partial charge on any atom is 0.254 e. The highest BCUT2D eigenvalue weighted by Gasteiger charge is 2.33. The first-order valence-electron chi connectivity index (χ1n) is 10.7. The Morgan fingerprint density at radius 3 is 2.77 bits per heavy atom. The Bertz CT molecular complexity index is 1040. The van der Waals surface area contributed by atoms with Crippen LogP contribution in [0.1, 0.15) is 30.1 Å². The third kappa shape index (κ3) is 3.48. The molecule has 2 aliphatic heterocycles. The van der Waals surface area contributed by atoms with Gasteiger partial charge in [-0.25, -0.2) is 9.67 Å². The van der Waals surface area contributed by atoms with Crippen LogP contribution in [0.25, 0.3) is 22.3 Å². The molecule has 0 aliphatic carbocycles. The molecule has 3 aromatic rings. The Balaban J connectivity index is 1.52. The van der Waals surface area contributed by atoms with Gasteiger partial charge in [-0.1, -0.05) is 30.3 Å². The number of nitrogens with zero attached hydrogens (tertiary/aromatic N) is 4. The van der Waals surface area contributed by atoms with E-state index in [9.17, 15) is 4.79 Å². The van der Waals surface area contributed by atoms with E-state index in [2.05, 4.69) is 5.10 Å². The highest BCUT2D eigenvalue weighted by atomic mass is 16.7. The van der Waals surface area contributed by atoms with Crippen LogP contribution >= 0.6 is 0 Å². The fourth-order valence-corrected chi connectivity index (χ4v) is 4.45. The molecule has 1 aromatic carbocycles. The van der Waals surface area contributed by atoms with Crippen LogP contribution in [0, 0.1) is 5.92 Å². The van der Waals surface area contributed by atoms with Crippen molar-refractivity contribution < 1.29 is 14.3 Å². The third-order valence-corrected chi connectivity index (χ3v) is 5.99. The van der Waals surface area contributed by atoms with Crippen LogP contribution in [0.15, 0.2) is 42.6 Å². The van der Waals surface area contributed by atoms with E-state index in [1.54, 1.807) is 6.20 Å². The molecule has 7 nitrogen and oxygen atoms in total. The van der Waals surface area contributed by atoms with E-state index in [0.717, 1.165) is 41.7 Å². The molecule has 4 heterocycles. The molecule has 2 aromatic heterocycles. The maximum atomic E-state index is 13.6. The van der Waals surface area contributed by atoms with E-state index < -0.39 is 0 Å². The summed E-state index contributed by atoms with van der Waals surface area (Å²) in [6.45, 7) is 5.39. The fraction of sp³-hybridized carbons (Fsp3) is 0.435. The number of rotatable bonds is 4. The van der Waals surface area contributed by atoms with Crippen LogP contribution in [0.4, 0.5) is 0 Å². The lowest BCUT2D eigenvalue weighted by atomic mass is 9.96. The minimum atomic E-state index is -0.194. The first-order chi connectivity index (χ1) is 14.7. The van der Waals surface area contributed by atoms with Crippen molar-refractivity contribution in [3.63, 3.8) is 0 Å². The van der Waals surface area contributed by atoms with Gasteiger partial charge in [-0.2, -0.15) is 5.10 Å². The predicted octanol–water partition coefficient (Wildman–Crippen LogP) is 3.34. The lowest BCUT2D eigenvalue weighted by Crippen LogP contribution is -2.43. The Morgan fingerprint density at radius 1 is 1.20 bits per heavy atom. The number of hydrogen-bond donors (Lipinski definition) is 0. The number of fused-ring (bicyclic) bond motifs is 1. The molecule has 156 valence electrons. The number of likely N-dealkylation sites (tertiary alicyclic amines) is 1. The molecule has 1 atom stereocenters. The summed E-state index contributed by atoms with van der Waals surface area (Å²) in [7, 11) is 0. The van der Waals surface area contributed by atoms with E-state index in [1.807, 2.05) is 52.9 Å². The zero-order valence-electron chi connectivity index (χ0n) is 17.2. The standard InChI is InChI=1S/C23H26N4O3/c1-2-27-21-19(14-24-27)18(13-20(25-21)16-7-4-3-5-8-16)22(28)26-10-6-9-17(15-26)23-29-11-12-30-23/h3-5,7-8,13-14,17,23H,2,6,9-12,15H2,1H3. The lowest BCUT2D eigenvalue weighted by molar-refractivity contribution is -0.0969. The molecule has 2 saturated heterocycles. The average Bonchev–Trinajstić information content (AvgIpc) is 3.49. The van der Waals surface area contributed by atoms with Gasteiger partial charge < -0.3 is 14.4 Å². The zero-order chi connectivity index (χ0) is 20.5. The zero-order valence-corrected chi connectivity index (χ0v) is 17.2. The summed E-state index contributed by atoms with van der Waals surface area (Å²) in [4.78, 5) is 20.4. The molecule has 2 fully saturated rings. The number of piperidine rings is 1. The van der Waals surface area contributed by atoms with Crippen molar-refractivity contribution in [3.05, 3.63) is 48.2 Å². The quantitative estimate of drug-likeness (QED) is 0.665. The van der Waals surface area contributed by atoms with Gasteiger partial charge in [0.15, 0.2) is 11.9 Å². The molecular formula is C23H26N4O3. The van der Waals surface area contributed by atoms with Crippen LogP contribution in [0.3, 0.4) is 0 Å². The second-order valence-electron chi connectivity index (χ2n) is 7.88. The monoisotopic (exact) mass is 406 g/mol. The van der Waals surface area contributed by atoms with Crippen molar-refractivity contribution in [2.24, 2.45) is 5.92 Å². The number of carbonyl (C=O) groups excluding carboxylic acids is 1. The van der Waals surface area contributed by atoms with Gasteiger partial charge in [-0.15, -0.1) is 0 Å². The molecule has 0 N–H and O–H groups in total. The van der Waals surface area contributed by atoms with Crippen molar-refractivity contribution in [3.8, 4) is 11.3 Å². The summed E-state index contributed by atoms with van der Waals surface area (Å²) in [5, 5.41) is 5.26. The SMILES string of the molecule is CCn1ncc2c(C(=O)N3CCCC(C4OCCO4)C3)cc(-c3ccccc3)nc21. The molecule has 0 bridgehead atoms. The van der Waals surface area contributed by atoms with Crippen molar-refractivity contribution in [1.82, 2.24) is 19.7 Å². The number of aryl methyl sites for hydroxylation is 1. The summed E-state index contributed by atoms with van der Waals surface area (Å²) < 4.78 is 13.3. The molecular weight excluding hydrogens is 380 g/mol. The second kappa shape index (κ2) is 8.16. The summed E-state index contributed by atoms with van der Waals surface area (Å²) in [6, 6.07) is 11.9. The summed E-state index contributed by atoms with van der Waals surface area (Å²) in [6.07, 6.45) is 3.54. The van der Waals surface area contributed by atoms with Crippen molar-refractivity contribution in [1.29, 1.82) is 0 Å². The van der Waals surface area contributed by atoms with Gasteiger partial charge in [0.25, 0.3) is 5.91 Å². The topological polar surface area (TPSA) is 69.5 Å². The van der Waals surface area contributed by atoms with Gasteiger partial charge >= 0.3 is 0 Å². The van der Waals surface area contributed by atoms with Gasteiger partial charge in [-0.3, -0.25) is 4.79 Å². The third-order valence-electron chi connectivity index (χ3n) is 5.99. The molecule has 0 saturated carbocycles. The molecule has 5 rings (SSSR count). The molecule has 2 aliphatic rings. The Kier molecular flexibility index (Phi) is 5.23. The van der Waals surface area contributed by atoms with E-state index in [1.165, 1.54) is 0 Å². The Hall–Kier alpha value is -2.77. The molecule has 7 heteroatoms. The highest BCUT2D eigenvalue weighted by molar-refractivity contribution is 6.06. The number of pyridine rings is 1. The maximum absolute atomic E-state index is 13.6. The van der Waals surface area contributed by atoms with E-state index in [0.29, 0.717) is 31.9 Å². The van der Waals surface area contributed by atoms with E-state index in [-0.39, 0.29) is 18.1 Å². The predicted molar refractivity (Wildman–Crippen MR) is 113 cm³/mol. The van der Waals surface area contributed by atoms with Gasteiger partial charge in [-0.05, 0) is 25.8 Å².